The number of likely N-dealkylation sites (N-methyl/N-ethyl adjacent to an activating group) is 2. The van der Waals surface area contributed by atoms with Crippen molar-refractivity contribution < 1.29 is 0 Å². The largest absolute Gasteiger partial charge is 0.373 e. The summed E-state index contributed by atoms with van der Waals surface area (Å²) >= 11 is 0. The quantitative estimate of drug-likeness (QED) is 0.819. The molecule has 2 unspecified atom stereocenters. The van der Waals surface area contributed by atoms with E-state index in [4.69, 9.17) is 0 Å². The van der Waals surface area contributed by atoms with Crippen LogP contribution in [0.4, 0.5) is 5.69 Å². The first-order chi connectivity index (χ1) is 11.1. The monoisotopic (exact) mass is 315 g/mol. The molecule has 3 heteroatoms. The molecule has 3 nitrogen and oxygen atoms in total. The smallest absolute Gasteiger partial charge is 0.0412 e. The zero-order valence-electron chi connectivity index (χ0n) is 15.3. The Morgan fingerprint density at radius 2 is 1.87 bits per heavy atom. The number of para-hydroxylation sites is 1. The van der Waals surface area contributed by atoms with E-state index in [0.717, 1.165) is 6.54 Å². The number of anilines is 1. The summed E-state index contributed by atoms with van der Waals surface area (Å²) in [5.41, 5.74) is 2.97. The molecule has 23 heavy (non-hydrogen) atoms. The summed E-state index contributed by atoms with van der Waals surface area (Å²) in [6, 6.07) is 11.0. The van der Waals surface area contributed by atoms with Crippen LogP contribution in [0.1, 0.15) is 51.1 Å². The maximum absolute atomic E-state index is 2.67. The molecule has 0 N–H and O–H groups in total. The highest BCUT2D eigenvalue weighted by atomic mass is 15.2. The van der Waals surface area contributed by atoms with Crippen LogP contribution < -0.4 is 4.90 Å². The summed E-state index contributed by atoms with van der Waals surface area (Å²) in [5, 5.41) is 0. The van der Waals surface area contributed by atoms with Crippen molar-refractivity contribution in [3.63, 3.8) is 0 Å². The lowest BCUT2D eigenvalue weighted by Gasteiger charge is -2.33. The first-order valence-corrected chi connectivity index (χ1v) is 9.34. The fourth-order valence-corrected chi connectivity index (χ4v) is 4.48. The Labute approximate surface area is 142 Å². The molecule has 2 fully saturated rings. The summed E-state index contributed by atoms with van der Waals surface area (Å²) < 4.78 is 0. The van der Waals surface area contributed by atoms with Gasteiger partial charge in [-0.25, -0.2) is 0 Å². The van der Waals surface area contributed by atoms with E-state index in [0.29, 0.717) is 18.1 Å². The molecule has 0 aliphatic carbocycles. The molecule has 2 saturated heterocycles. The van der Waals surface area contributed by atoms with Crippen molar-refractivity contribution in [2.75, 3.05) is 38.6 Å². The van der Waals surface area contributed by atoms with Crippen LogP contribution in [0.3, 0.4) is 0 Å². The molecule has 0 amide bonds. The second kappa shape index (κ2) is 7.23. The summed E-state index contributed by atoms with van der Waals surface area (Å²) in [6.45, 7) is 8.30. The fraction of sp³-hybridized carbons (Fsp3) is 0.700. The zero-order chi connectivity index (χ0) is 16.4. The van der Waals surface area contributed by atoms with Crippen LogP contribution in [-0.2, 0) is 0 Å². The van der Waals surface area contributed by atoms with E-state index in [1.807, 2.05) is 0 Å². The molecule has 0 aromatic heterocycles. The maximum Gasteiger partial charge on any atom is 0.0412 e. The van der Waals surface area contributed by atoms with Gasteiger partial charge in [-0.1, -0.05) is 18.2 Å². The average molecular weight is 316 g/mol. The minimum Gasteiger partial charge on any atom is -0.373 e. The zero-order valence-corrected chi connectivity index (χ0v) is 15.3. The highest BCUT2D eigenvalue weighted by Gasteiger charge is 2.30. The summed E-state index contributed by atoms with van der Waals surface area (Å²) in [7, 11) is 4.55. The topological polar surface area (TPSA) is 9.72 Å². The van der Waals surface area contributed by atoms with Crippen molar-refractivity contribution >= 4 is 5.69 Å². The molecule has 2 atom stereocenters. The number of nitrogens with zero attached hydrogens (tertiary/aromatic N) is 3. The van der Waals surface area contributed by atoms with E-state index in [1.165, 1.54) is 50.0 Å². The van der Waals surface area contributed by atoms with Crippen molar-refractivity contribution in [2.45, 2.75) is 57.7 Å². The molecule has 1 aromatic rings. The second-order valence-electron chi connectivity index (χ2n) is 7.71. The standard InChI is InChI=1S/C20H33N3/c1-16(2)23-14-8-12-20(23)18-10-5-6-11-19(18)22(4)15-17-9-7-13-21(17)3/h5-6,10-11,16-17,20H,7-9,12-15H2,1-4H3. The van der Waals surface area contributed by atoms with Gasteiger partial charge in [-0.2, -0.15) is 0 Å². The van der Waals surface area contributed by atoms with E-state index < -0.39 is 0 Å². The van der Waals surface area contributed by atoms with Crippen molar-refractivity contribution in [1.29, 1.82) is 0 Å². The van der Waals surface area contributed by atoms with Crippen molar-refractivity contribution in [1.82, 2.24) is 9.80 Å². The van der Waals surface area contributed by atoms with Gasteiger partial charge in [0.25, 0.3) is 0 Å². The third-order valence-electron chi connectivity index (χ3n) is 5.82. The van der Waals surface area contributed by atoms with Gasteiger partial charge in [-0.15, -0.1) is 0 Å². The first kappa shape index (κ1) is 16.8. The van der Waals surface area contributed by atoms with Crippen LogP contribution >= 0.6 is 0 Å². The molecule has 128 valence electrons. The molecule has 0 saturated carbocycles. The van der Waals surface area contributed by atoms with Gasteiger partial charge in [0, 0.05) is 37.4 Å². The van der Waals surface area contributed by atoms with Gasteiger partial charge in [0.15, 0.2) is 0 Å². The molecular formula is C20H33N3. The molecular weight excluding hydrogens is 282 g/mol. The van der Waals surface area contributed by atoms with E-state index in [-0.39, 0.29) is 0 Å². The van der Waals surface area contributed by atoms with Crippen LogP contribution in [0.2, 0.25) is 0 Å². The van der Waals surface area contributed by atoms with Crippen molar-refractivity contribution in [2.24, 2.45) is 0 Å². The van der Waals surface area contributed by atoms with Gasteiger partial charge < -0.3 is 9.80 Å². The van der Waals surface area contributed by atoms with Crippen LogP contribution in [0.5, 0.6) is 0 Å². The highest BCUT2D eigenvalue weighted by molar-refractivity contribution is 5.55. The summed E-state index contributed by atoms with van der Waals surface area (Å²) in [6.07, 6.45) is 5.31. The minimum atomic E-state index is 0.593. The number of benzene rings is 1. The Kier molecular flexibility index (Phi) is 5.27. The number of hydrogen-bond acceptors (Lipinski definition) is 3. The normalized spacial score (nSPS) is 26.3. The Morgan fingerprint density at radius 1 is 1.13 bits per heavy atom. The van der Waals surface area contributed by atoms with Gasteiger partial charge in [-0.05, 0) is 71.3 Å². The lowest BCUT2D eigenvalue weighted by Crippen LogP contribution is -2.37. The van der Waals surface area contributed by atoms with E-state index >= 15 is 0 Å². The van der Waals surface area contributed by atoms with Crippen LogP contribution in [0, 0.1) is 0 Å². The predicted octanol–water partition coefficient (Wildman–Crippen LogP) is 3.76. The van der Waals surface area contributed by atoms with Gasteiger partial charge in [0.05, 0.1) is 0 Å². The second-order valence-corrected chi connectivity index (χ2v) is 7.71. The van der Waals surface area contributed by atoms with Crippen LogP contribution in [0.25, 0.3) is 0 Å². The van der Waals surface area contributed by atoms with Gasteiger partial charge in [-0.3, -0.25) is 4.90 Å². The van der Waals surface area contributed by atoms with E-state index in [1.54, 1.807) is 0 Å². The Balaban J connectivity index is 1.80. The average Bonchev–Trinajstić information content (AvgIpc) is 3.17. The summed E-state index contributed by atoms with van der Waals surface area (Å²) in [5.74, 6) is 0. The van der Waals surface area contributed by atoms with E-state index in [9.17, 15) is 0 Å². The molecule has 2 heterocycles. The predicted molar refractivity (Wildman–Crippen MR) is 99.2 cm³/mol. The lowest BCUT2D eigenvalue weighted by molar-refractivity contribution is 0.205. The lowest BCUT2D eigenvalue weighted by atomic mass is 10.0. The highest BCUT2D eigenvalue weighted by Crippen LogP contribution is 2.38. The van der Waals surface area contributed by atoms with Gasteiger partial charge in [0.2, 0.25) is 0 Å². The fourth-order valence-electron chi connectivity index (χ4n) is 4.48. The van der Waals surface area contributed by atoms with Crippen molar-refractivity contribution in [3.05, 3.63) is 29.8 Å². The number of rotatable bonds is 5. The Hall–Kier alpha value is -1.06. The molecule has 0 bridgehead atoms. The van der Waals surface area contributed by atoms with E-state index in [2.05, 4.69) is 66.9 Å². The van der Waals surface area contributed by atoms with Crippen LogP contribution in [0.15, 0.2) is 24.3 Å². The van der Waals surface area contributed by atoms with Gasteiger partial charge in [0.1, 0.15) is 0 Å². The third-order valence-corrected chi connectivity index (χ3v) is 5.82. The molecule has 0 radical (unpaired) electrons. The molecule has 2 aliphatic heterocycles. The van der Waals surface area contributed by atoms with Crippen LogP contribution in [-0.4, -0.2) is 55.6 Å². The molecule has 1 aromatic carbocycles. The molecule has 0 spiro atoms. The Bertz CT molecular complexity index is 513. The minimum absolute atomic E-state index is 0.593. The SMILES string of the molecule is CC(C)N1CCCC1c1ccccc1N(C)CC1CCCN1C. The molecule has 3 rings (SSSR count). The molecule has 2 aliphatic rings. The summed E-state index contributed by atoms with van der Waals surface area (Å²) in [4.78, 5) is 7.70. The third kappa shape index (κ3) is 3.56. The number of hydrogen-bond donors (Lipinski definition) is 0. The van der Waals surface area contributed by atoms with Crippen molar-refractivity contribution in [3.8, 4) is 0 Å². The van der Waals surface area contributed by atoms with Gasteiger partial charge >= 0.3 is 0 Å². The Morgan fingerprint density at radius 3 is 2.57 bits per heavy atom. The first-order valence-electron chi connectivity index (χ1n) is 9.34. The number of likely N-dealkylation sites (tertiary alicyclic amines) is 2. The maximum atomic E-state index is 2.67.